The summed E-state index contributed by atoms with van der Waals surface area (Å²) in [6, 6.07) is 13.0. The van der Waals surface area contributed by atoms with Gasteiger partial charge in [-0.25, -0.2) is 0 Å². The molecule has 0 bridgehead atoms. The van der Waals surface area contributed by atoms with E-state index in [9.17, 15) is 9.59 Å². The largest absolute Gasteiger partial charge is 0.497 e. The van der Waals surface area contributed by atoms with Crippen LogP contribution in [0.2, 0.25) is 0 Å². The second-order valence-corrected chi connectivity index (χ2v) is 7.12. The fourth-order valence-corrected chi connectivity index (χ4v) is 2.90. The molecule has 2 aromatic carbocycles. The summed E-state index contributed by atoms with van der Waals surface area (Å²) >= 11 is 0. The number of rotatable bonds is 7. The van der Waals surface area contributed by atoms with Gasteiger partial charge in [0.2, 0.25) is 11.8 Å². The third-order valence-electron chi connectivity index (χ3n) is 4.33. The van der Waals surface area contributed by atoms with Crippen LogP contribution in [0.5, 0.6) is 5.75 Å². The van der Waals surface area contributed by atoms with Crippen molar-refractivity contribution in [3.8, 4) is 5.75 Å². The minimum Gasteiger partial charge on any atom is -0.497 e. The van der Waals surface area contributed by atoms with Gasteiger partial charge in [-0.2, -0.15) is 0 Å². The van der Waals surface area contributed by atoms with Crippen LogP contribution in [-0.4, -0.2) is 18.9 Å². The molecular formula is C22H28N2O3. The van der Waals surface area contributed by atoms with Gasteiger partial charge in [-0.15, -0.1) is 0 Å². The number of anilines is 2. The van der Waals surface area contributed by atoms with E-state index in [4.69, 9.17) is 4.74 Å². The van der Waals surface area contributed by atoms with E-state index in [0.29, 0.717) is 11.4 Å². The molecule has 0 aliphatic rings. The summed E-state index contributed by atoms with van der Waals surface area (Å²) < 4.78 is 5.09. The topological polar surface area (TPSA) is 67.4 Å². The van der Waals surface area contributed by atoms with Gasteiger partial charge in [0, 0.05) is 11.4 Å². The Morgan fingerprint density at radius 3 is 1.85 bits per heavy atom. The molecule has 0 aromatic heterocycles. The Morgan fingerprint density at radius 2 is 1.37 bits per heavy atom. The first kappa shape index (κ1) is 20.5. The van der Waals surface area contributed by atoms with E-state index in [-0.39, 0.29) is 30.1 Å². The molecule has 0 saturated carbocycles. The zero-order valence-electron chi connectivity index (χ0n) is 16.6. The lowest BCUT2D eigenvalue weighted by atomic mass is 9.92. The van der Waals surface area contributed by atoms with E-state index in [1.54, 1.807) is 31.4 Å². The van der Waals surface area contributed by atoms with E-state index >= 15 is 0 Å². The summed E-state index contributed by atoms with van der Waals surface area (Å²) in [5, 5.41) is 5.69. The van der Waals surface area contributed by atoms with Crippen LogP contribution in [-0.2, 0) is 9.59 Å². The highest BCUT2D eigenvalue weighted by molar-refractivity contribution is 6.08. The van der Waals surface area contributed by atoms with E-state index < -0.39 is 0 Å². The van der Waals surface area contributed by atoms with Crippen LogP contribution in [0, 0.1) is 0 Å². The van der Waals surface area contributed by atoms with Crippen molar-refractivity contribution in [2.24, 2.45) is 0 Å². The lowest BCUT2D eigenvalue weighted by molar-refractivity contribution is -0.123. The molecule has 0 radical (unpaired) electrons. The molecule has 0 atom stereocenters. The number of nitrogens with one attached hydrogen (secondary N) is 2. The van der Waals surface area contributed by atoms with Gasteiger partial charge in [0.25, 0.3) is 0 Å². The van der Waals surface area contributed by atoms with E-state index in [0.717, 1.165) is 16.8 Å². The van der Waals surface area contributed by atoms with Crippen LogP contribution in [0.25, 0.3) is 0 Å². The Morgan fingerprint density at radius 1 is 0.852 bits per heavy atom. The van der Waals surface area contributed by atoms with Crippen molar-refractivity contribution in [3.63, 3.8) is 0 Å². The Balaban J connectivity index is 2.07. The molecule has 0 spiro atoms. The molecule has 0 heterocycles. The first-order valence-electron chi connectivity index (χ1n) is 9.18. The second kappa shape index (κ2) is 9.21. The number of hydrogen-bond acceptors (Lipinski definition) is 3. The van der Waals surface area contributed by atoms with E-state index in [1.165, 1.54) is 0 Å². The molecule has 0 aliphatic carbocycles. The van der Waals surface area contributed by atoms with Gasteiger partial charge in [0.05, 0.1) is 7.11 Å². The molecule has 5 heteroatoms. The van der Waals surface area contributed by atoms with E-state index in [1.807, 2.05) is 18.2 Å². The van der Waals surface area contributed by atoms with Gasteiger partial charge < -0.3 is 15.4 Å². The van der Waals surface area contributed by atoms with Gasteiger partial charge in [0.1, 0.15) is 12.2 Å². The van der Waals surface area contributed by atoms with Gasteiger partial charge in [-0.1, -0.05) is 45.9 Å². The Labute approximate surface area is 161 Å². The Hall–Kier alpha value is -2.82. The van der Waals surface area contributed by atoms with Crippen molar-refractivity contribution in [2.75, 3.05) is 17.7 Å². The van der Waals surface area contributed by atoms with Crippen molar-refractivity contribution in [3.05, 3.63) is 53.6 Å². The summed E-state index contributed by atoms with van der Waals surface area (Å²) in [5.41, 5.74) is 3.60. The zero-order valence-corrected chi connectivity index (χ0v) is 16.6. The van der Waals surface area contributed by atoms with Crippen molar-refractivity contribution in [1.29, 1.82) is 0 Å². The third-order valence-corrected chi connectivity index (χ3v) is 4.33. The standard InChI is InChI=1S/C22H28N2O3/c1-14(2)18-7-6-8-19(15(3)4)22(18)24-21(26)13-20(25)23-16-9-11-17(27-5)12-10-16/h6-12,14-15H,13H2,1-5H3,(H,23,25)(H,24,26). The summed E-state index contributed by atoms with van der Waals surface area (Å²) in [6.07, 6.45) is -0.240. The summed E-state index contributed by atoms with van der Waals surface area (Å²) in [4.78, 5) is 24.7. The molecule has 2 N–H and O–H groups in total. The molecule has 0 saturated heterocycles. The normalized spacial score (nSPS) is 10.8. The minimum absolute atomic E-state index is 0.240. The van der Waals surface area contributed by atoms with Crippen LogP contribution in [0.15, 0.2) is 42.5 Å². The summed E-state index contributed by atoms with van der Waals surface area (Å²) in [5.74, 6) is 0.568. The molecule has 0 fully saturated rings. The van der Waals surface area contributed by atoms with Crippen molar-refractivity contribution >= 4 is 23.2 Å². The lowest BCUT2D eigenvalue weighted by Crippen LogP contribution is -2.22. The highest BCUT2D eigenvalue weighted by atomic mass is 16.5. The van der Waals surface area contributed by atoms with Crippen molar-refractivity contribution in [2.45, 2.75) is 46.0 Å². The van der Waals surface area contributed by atoms with Gasteiger partial charge in [0.15, 0.2) is 0 Å². The fourth-order valence-electron chi connectivity index (χ4n) is 2.90. The number of carbonyl (C=O) groups excluding carboxylic acids is 2. The van der Waals surface area contributed by atoms with Gasteiger partial charge in [-0.3, -0.25) is 9.59 Å². The molecule has 0 unspecified atom stereocenters. The molecule has 27 heavy (non-hydrogen) atoms. The molecule has 0 aliphatic heterocycles. The predicted octanol–water partition coefficient (Wildman–Crippen LogP) is 4.91. The van der Waals surface area contributed by atoms with Crippen molar-refractivity contribution in [1.82, 2.24) is 0 Å². The summed E-state index contributed by atoms with van der Waals surface area (Å²) in [6.45, 7) is 8.36. The maximum Gasteiger partial charge on any atom is 0.233 e. The molecular weight excluding hydrogens is 340 g/mol. The first-order valence-corrected chi connectivity index (χ1v) is 9.18. The molecule has 144 valence electrons. The Kier molecular flexibility index (Phi) is 6.99. The van der Waals surface area contributed by atoms with E-state index in [2.05, 4.69) is 38.3 Å². The molecule has 2 amide bonds. The highest BCUT2D eigenvalue weighted by Crippen LogP contribution is 2.32. The van der Waals surface area contributed by atoms with Crippen LogP contribution in [0.3, 0.4) is 0 Å². The van der Waals surface area contributed by atoms with Crippen LogP contribution >= 0.6 is 0 Å². The quantitative estimate of drug-likeness (QED) is 0.682. The fraction of sp³-hybridized carbons (Fsp3) is 0.364. The number of carbonyl (C=O) groups is 2. The smallest absolute Gasteiger partial charge is 0.233 e. The number of para-hydroxylation sites is 1. The number of amides is 2. The van der Waals surface area contributed by atoms with Crippen LogP contribution < -0.4 is 15.4 Å². The van der Waals surface area contributed by atoms with Gasteiger partial charge >= 0.3 is 0 Å². The number of hydrogen-bond donors (Lipinski definition) is 2. The number of benzene rings is 2. The zero-order chi connectivity index (χ0) is 20.0. The number of methoxy groups -OCH3 is 1. The average Bonchev–Trinajstić information content (AvgIpc) is 2.61. The second-order valence-electron chi connectivity index (χ2n) is 7.12. The average molecular weight is 368 g/mol. The Bertz CT molecular complexity index is 769. The maximum absolute atomic E-state index is 12.5. The molecule has 2 rings (SSSR count). The molecule has 5 nitrogen and oxygen atoms in total. The lowest BCUT2D eigenvalue weighted by Gasteiger charge is -2.20. The van der Waals surface area contributed by atoms with Crippen LogP contribution in [0.4, 0.5) is 11.4 Å². The monoisotopic (exact) mass is 368 g/mol. The third kappa shape index (κ3) is 5.58. The number of ether oxygens (including phenoxy) is 1. The highest BCUT2D eigenvalue weighted by Gasteiger charge is 2.17. The van der Waals surface area contributed by atoms with Gasteiger partial charge in [-0.05, 0) is 47.2 Å². The maximum atomic E-state index is 12.5. The van der Waals surface area contributed by atoms with Crippen molar-refractivity contribution < 1.29 is 14.3 Å². The SMILES string of the molecule is COc1ccc(NC(=O)CC(=O)Nc2c(C(C)C)cccc2C(C)C)cc1. The molecule has 2 aromatic rings. The first-order chi connectivity index (χ1) is 12.8. The minimum atomic E-state index is -0.356. The predicted molar refractivity (Wildman–Crippen MR) is 109 cm³/mol. The van der Waals surface area contributed by atoms with Crippen LogP contribution in [0.1, 0.15) is 57.1 Å². The summed E-state index contributed by atoms with van der Waals surface area (Å²) in [7, 11) is 1.58.